The van der Waals surface area contributed by atoms with Crippen molar-refractivity contribution in [3.05, 3.63) is 46.0 Å². The lowest BCUT2D eigenvalue weighted by atomic mass is 10.0. The summed E-state index contributed by atoms with van der Waals surface area (Å²) in [6, 6.07) is 7.94. The summed E-state index contributed by atoms with van der Waals surface area (Å²) in [4.78, 5) is 4.48. The Morgan fingerprint density at radius 3 is 2.89 bits per heavy atom. The molecule has 1 aromatic carbocycles. The molecule has 0 unspecified atom stereocenters. The number of fused-ring (bicyclic) bond motifs is 1. The van der Waals surface area contributed by atoms with Crippen molar-refractivity contribution in [1.82, 2.24) is 9.55 Å². The predicted octanol–water partition coefficient (Wildman–Crippen LogP) is 3.39. The lowest BCUT2D eigenvalue weighted by Crippen LogP contribution is -2.07. The van der Waals surface area contributed by atoms with E-state index in [-0.39, 0.29) is 0 Å². The summed E-state index contributed by atoms with van der Waals surface area (Å²) in [6.45, 7) is 0. The van der Waals surface area contributed by atoms with Crippen LogP contribution in [0.2, 0.25) is 0 Å². The Balaban J connectivity index is 2.13. The molecule has 0 saturated carbocycles. The zero-order chi connectivity index (χ0) is 12.5. The monoisotopic (exact) mass is 301 g/mol. The van der Waals surface area contributed by atoms with E-state index < -0.39 is 0 Å². The van der Waals surface area contributed by atoms with Crippen molar-refractivity contribution >= 4 is 15.9 Å². The Labute approximate surface area is 114 Å². The minimum absolute atomic E-state index is 0.664. The number of aromatic nitrogens is 2. The highest BCUT2D eigenvalue weighted by Crippen LogP contribution is 2.25. The first-order valence-electron chi connectivity index (χ1n) is 6.04. The van der Waals surface area contributed by atoms with E-state index in [1.807, 2.05) is 24.5 Å². The van der Waals surface area contributed by atoms with Gasteiger partial charge in [-0.25, -0.2) is 4.98 Å². The fourth-order valence-electron chi connectivity index (χ4n) is 2.47. The maximum Gasteiger partial charge on any atom is 0.0997 e. The van der Waals surface area contributed by atoms with Gasteiger partial charge in [0.1, 0.15) is 0 Å². The Bertz CT molecular complexity index is 637. The maximum absolute atomic E-state index is 9.03. The third-order valence-electron chi connectivity index (χ3n) is 3.32. The maximum atomic E-state index is 9.03. The molecule has 3 rings (SSSR count). The molecule has 3 nitrogen and oxygen atoms in total. The number of imidazole rings is 1. The van der Waals surface area contributed by atoms with Gasteiger partial charge in [-0.1, -0.05) is 15.9 Å². The number of nitriles is 1. The number of halogens is 1. The number of hydrogen-bond donors (Lipinski definition) is 0. The van der Waals surface area contributed by atoms with Gasteiger partial charge in [-0.15, -0.1) is 0 Å². The fraction of sp³-hybridized carbons (Fsp3) is 0.286. The van der Waals surface area contributed by atoms with Gasteiger partial charge in [0.15, 0.2) is 0 Å². The normalized spacial score (nSPS) is 14.0. The molecule has 1 aromatic heterocycles. The summed E-state index contributed by atoms with van der Waals surface area (Å²) in [6.07, 6.45) is 6.47. The lowest BCUT2D eigenvalue weighted by molar-refractivity contribution is 0.656. The highest BCUT2D eigenvalue weighted by Gasteiger charge is 2.16. The molecule has 1 aliphatic rings. The molecule has 1 aliphatic carbocycles. The molecular formula is C14H12BrN3. The second kappa shape index (κ2) is 4.58. The van der Waals surface area contributed by atoms with Gasteiger partial charge in [0.25, 0.3) is 0 Å². The summed E-state index contributed by atoms with van der Waals surface area (Å²) in [5.74, 6) is 0. The van der Waals surface area contributed by atoms with Crippen molar-refractivity contribution in [3.8, 4) is 11.8 Å². The molecule has 0 saturated heterocycles. The van der Waals surface area contributed by atoms with Crippen LogP contribution in [0.5, 0.6) is 0 Å². The highest BCUT2D eigenvalue weighted by molar-refractivity contribution is 9.10. The van der Waals surface area contributed by atoms with Crippen LogP contribution in [0.1, 0.15) is 29.8 Å². The molecule has 1 heterocycles. The van der Waals surface area contributed by atoms with E-state index in [1.165, 1.54) is 24.2 Å². The van der Waals surface area contributed by atoms with Gasteiger partial charge in [-0.2, -0.15) is 5.26 Å². The third kappa shape index (κ3) is 1.95. The molecular weight excluding hydrogens is 290 g/mol. The Hall–Kier alpha value is -1.60. The third-order valence-corrected chi connectivity index (χ3v) is 3.78. The minimum Gasteiger partial charge on any atom is -0.303 e. The molecule has 0 atom stereocenters. The summed E-state index contributed by atoms with van der Waals surface area (Å²) in [5, 5.41) is 9.03. The zero-order valence-electron chi connectivity index (χ0n) is 9.86. The van der Waals surface area contributed by atoms with Gasteiger partial charge < -0.3 is 4.57 Å². The van der Waals surface area contributed by atoms with Crippen molar-refractivity contribution in [2.24, 2.45) is 0 Å². The number of rotatable bonds is 1. The van der Waals surface area contributed by atoms with E-state index in [9.17, 15) is 0 Å². The lowest BCUT2D eigenvalue weighted by Gasteiger charge is -2.14. The van der Waals surface area contributed by atoms with Gasteiger partial charge in [0, 0.05) is 15.9 Å². The molecule has 0 amide bonds. The van der Waals surface area contributed by atoms with Gasteiger partial charge in [-0.3, -0.25) is 0 Å². The Kier molecular flexibility index (Phi) is 2.92. The average molecular weight is 302 g/mol. The largest absolute Gasteiger partial charge is 0.303 e. The molecule has 0 aliphatic heterocycles. The van der Waals surface area contributed by atoms with Crippen LogP contribution < -0.4 is 0 Å². The fourth-order valence-corrected chi connectivity index (χ4v) is 2.95. The summed E-state index contributed by atoms with van der Waals surface area (Å²) < 4.78 is 3.04. The second-order valence-corrected chi connectivity index (χ2v) is 5.44. The topological polar surface area (TPSA) is 41.6 Å². The van der Waals surface area contributed by atoms with Crippen LogP contribution in [0.3, 0.4) is 0 Å². The van der Waals surface area contributed by atoms with E-state index in [2.05, 4.69) is 31.6 Å². The SMILES string of the molecule is N#Cc1cc(Br)cc(-n2cnc3c2CCCC3)c1. The predicted molar refractivity (Wildman–Crippen MR) is 72.6 cm³/mol. The van der Waals surface area contributed by atoms with Crippen molar-refractivity contribution in [2.45, 2.75) is 25.7 Å². The molecule has 2 aromatic rings. The van der Waals surface area contributed by atoms with E-state index in [4.69, 9.17) is 5.26 Å². The van der Waals surface area contributed by atoms with Gasteiger partial charge in [-0.05, 0) is 43.9 Å². The second-order valence-electron chi connectivity index (χ2n) is 4.52. The van der Waals surface area contributed by atoms with Crippen LogP contribution in [0, 0.1) is 11.3 Å². The average Bonchev–Trinajstić information content (AvgIpc) is 2.81. The first-order valence-corrected chi connectivity index (χ1v) is 6.83. The van der Waals surface area contributed by atoms with Crippen LogP contribution in [0.15, 0.2) is 29.0 Å². The molecule has 0 bridgehead atoms. The molecule has 0 radical (unpaired) electrons. The first-order chi connectivity index (χ1) is 8.78. The van der Waals surface area contributed by atoms with E-state index in [0.29, 0.717) is 5.56 Å². The van der Waals surface area contributed by atoms with Gasteiger partial charge in [0.2, 0.25) is 0 Å². The van der Waals surface area contributed by atoms with Crippen molar-refractivity contribution < 1.29 is 0 Å². The van der Waals surface area contributed by atoms with Gasteiger partial charge >= 0.3 is 0 Å². The number of nitrogens with zero attached hydrogens (tertiary/aromatic N) is 3. The number of aryl methyl sites for hydroxylation is 1. The van der Waals surface area contributed by atoms with Gasteiger partial charge in [0.05, 0.1) is 23.7 Å². The minimum atomic E-state index is 0.664. The van der Waals surface area contributed by atoms with E-state index >= 15 is 0 Å². The van der Waals surface area contributed by atoms with Crippen LogP contribution in [0.4, 0.5) is 0 Å². The zero-order valence-corrected chi connectivity index (χ0v) is 11.4. The van der Waals surface area contributed by atoms with Crippen LogP contribution in [-0.4, -0.2) is 9.55 Å². The Morgan fingerprint density at radius 2 is 2.06 bits per heavy atom. The van der Waals surface area contributed by atoms with Crippen molar-refractivity contribution in [3.63, 3.8) is 0 Å². The Morgan fingerprint density at radius 1 is 1.22 bits per heavy atom. The smallest absolute Gasteiger partial charge is 0.0997 e. The molecule has 90 valence electrons. The van der Waals surface area contributed by atoms with Crippen molar-refractivity contribution in [1.29, 1.82) is 5.26 Å². The van der Waals surface area contributed by atoms with E-state index in [0.717, 1.165) is 23.0 Å². The summed E-state index contributed by atoms with van der Waals surface area (Å²) in [7, 11) is 0. The molecule has 0 fully saturated rings. The van der Waals surface area contributed by atoms with Crippen LogP contribution >= 0.6 is 15.9 Å². The molecule has 0 N–H and O–H groups in total. The standard InChI is InChI=1S/C14H12BrN3/c15-11-5-10(8-16)6-12(7-11)18-9-17-13-3-1-2-4-14(13)18/h5-7,9H,1-4H2. The van der Waals surface area contributed by atoms with Crippen LogP contribution in [0.25, 0.3) is 5.69 Å². The summed E-state index contributed by atoms with van der Waals surface area (Å²) in [5.41, 5.74) is 4.18. The molecule has 4 heteroatoms. The van der Waals surface area contributed by atoms with Crippen molar-refractivity contribution in [2.75, 3.05) is 0 Å². The number of benzene rings is 1. The first kappa shape index (κ1) is 11.5. The van der Waals surface area contributed by atoms with E-state index in [1.54, 1.807) is 0 Å². The molecule has 0 spiro atoms. The highest BCUT2D eigenvalue weighted by atomic mass is 79.9. The molecule has 18 heavy (non-hydrogen) atoms. The number of hydrogen-bond acceptors (Lipinski definition) is 2. The summed E-state index contributed by atoms with van der Waals surface area (Å²) >= 11 is 3.45. The van der Waals surface area contributed by atoms with Crippen LogP contribution in [-0.2, 0) is 12.8 Å². The quantitative estimate of drug-likeness (QED) is 0.810.